The molecule has 8 nitrogen and oxygen atoms in total. The van der Waals surface area contributed by atoms with E-state index >= 15 is 0 Å². The molecule has 0 rings (SSSR count). The number of rotatable bonds is 35. The van der Waals surface area contributed by atoms with Crippen LogP contribution < -0.4 is 5.32 Å². The van der Waals surface area contributed by atoms with E-state index in [9.17, 15) is 19.4 Å². The number of phosphoric ester groups is 1. The number of amides is 1. The van der Waals surface area contributed by atoms with Crippen molar-refractivity contribution in [2.24, 2.45) is 0 Å². The van der Waals surface area contributed by atoms with Crippen molar-refractivity contribution in [2.75, 3.05) is 40.9 Å². The van der Waals surface area contributed by atoms with Gasteiger partial charge in [-0.05, 0) is 64.2 Å². The molecule has 0 aliphatic carbocycles. The van der Waals surface area contributed by atoms with Gasteiger partial charge in [0.15, 0.2) is 0 Å². The minimum Gasteiger partial charge on any atom is -0.387 e. The zero-order valence-corrected chi connectivity index (χ0v) is 33.8. The van der Waals surface area contributed by atoms with Gasteiger partial charge in [-0.3, -0.25) is 13.8 Å². The Kier molecular flexibility index (Phi) is 32.3. The van der Waals surface area contributed by atoms with Crippen LogP contribution >= 0.6 is 7.82 Å². The quantitative estimate of drug-likeness (QED) is 0.0260. The second kappa shape index (κ2) is 33.3. The lowest BCUT2D eigenvalue weighted by Gasteiger charge is -2.25. The molecule has 0 heterocycles. The number of nitrogens with zero attached hydrogens (tertiary/aromatic N) is 1. The minimum atomic E-state index is -4.34. The van der Waals surface area contributed by atoms with Gasteiger partial charge in [-0.15, -0.1) is 0 Å². The summed E-state index contributed by atoms with van der Waals surface area (Å²) < 4.78 is 23.4. The zero-order chi connectivity index (χ0) is 37.2. The molecule has 3 atom stereocenters. The van der Waals surface area contributed by atoms with Crippen molar-refractivity contribution in [3.8, 4) is 0 Å². The number of aliphatic hydroxyl groups excluding tert-OH is 1. The number of allylic oxidation sites excluding steroid dienone is 7. The fraction of sp³-hybridized carbons (Fsp3) is 0.780. The normalized spacial score (nSPS) is 15.1. The van der Waals surface area contributed by atoms with E-state index in [-0.39, 0.29) is 19.1 Å². The van der Waals surface area contributed by atoms with Crippen LogP contribution in [0.15, 0.2) is 48.6 Å². The van der Waals surface area contributed by atoms with E-state index in [1.54, 1.807) is 6.08 Å². The van der Waals surface area contributed by atoms with Gasteiger partial charge in [0, 0.05) is 6.42 Å². The molecule has 3 N–H and O–H groups in total. The third kappa shape index (κ3) is 34.9. The van der Waals surface area contributed by atoms with Crippen LogP contribution in [0.5, 0.6) is 0 Å². The maximum atomic E-state index is 12.8. The molecule has 1 amide bonds. The van der Waals surface area contributed by atoms with Crippen LogP contribution in [0.4, 0.5) is 0 Å². The summed E-state index contributed by atoms with van der Waals surface area (Å²) in [7, 11) is 1.54. The number of hydrogen-bond acceptors (Lipinski definition) is 5. The van der Waals surface area contributed by atoms with Gasteiger partial charge in [-0.2, -0.15) is 0 Å². The van der Waals surface area contributed by atoms with Crippen molar-refractivity contribution in [3.05, 3.63) is 48.6 Å². The first-order valence-electron chi connectivity index (χ1n) is 20.0. The van der Waals surface area contributed by atoms with Crippen LogP contribution in [0.3, 0.4) is 0 Å². The maximum absolute atomic E-state index is 12.8. The lowest BCUT2D eigenvalue weighted by molar-refractivity contribution is -0.870. The van der Waals surface area contributed by atoms with E-state index in [4.69, 9.17) is 9.05 Å². The summed E-state index contributed by atoms with van der Waals surface area (Å²) in [5.74, 6) is -0.205. The van der Waals surface area contributed by atoms with Gasteiger partial charge in [-0.1, -0.05) is 133 Å². The fourth-order valence-electron chi connectivity index (χ4n) is 5.26. The predicted molar refractivity (Wildman–Crippen MR) is 212 cm³/mol. The smallest absolute Gasteiger partial charge is 0.387 e. The number of hydrogen-bond donors (Lipinski definition) is 3. The summed E-state index contributed by atoms with van der Waals surface area (Å²) in [5, 5.41) is 13.7. The minimum absolute atomic E-state index is 0.0516. The Balaban J connectivity index is 4.59. The average molecular weight is 726 g/mol. The van der Waals surface area contributed by atoms with Crippen LogP contribution in [-0.2, 0) is 18.4 Å². The first-order valence-corrected chi connectivity index (χ1v) is 21.5. The Bertz CT molecular complexity index is 959. The van der Waals surface area contributed by atoms with E-state index in [0.717, 1.165) is 64.2 Å². The number of likely N-dealkylation sites (N-methyl/N-ethyl adjacent to an activating group) is 1. The standard InChI is InChI=1S/C41H77N2O6P/c1-6-8-10-12-14-16-18-20-21-23-25-27-29-31-33-35-41(45)42-39(38-49-50(46,47)48-37-36-43(3,4)5)40(44)34-32-30-28-26-24-22-19-17-15-13-11-9-7-2/h14,16,20-21,24,26,32,34,39-40,44H,6-13,15,17-19,22-23,25,27-31,33,35-38H2,1-5H3,(H-,42,45,46,47)/p+1/b16-14-,21-20-,26-24+,34-32+. The van der Waals surface area contributed by atoms with Gasteiger partial charge in [0.2, 0.25) is 5.91 Å². The first kappa shape index (κ1) is 48.5. The average Bonchev–Trinajstić information content (AvgIpc) is 3.06. The Morgan fingerprint density at radius 3 is 1.76 bits per heavy atom. The molecule has 9 heteroatoms. The van der Waals surface area contributed by atoms with Gasteiger partial charge in [0.1, 0.15) is 13.2 Å². The lowest BCUT2D eigenvalue weighted by Crippen LogP contribution is -2.45. The van der Waals surface area contributed by atoms with Gasteiger partial charge < -0.3 is 19.8 Å². The first-order chi connectivity index (χ1) is 24.0. The summed E-state index contributed by atoms with van der Waals surface area (Å²) >= 11 is 0. The summed E-state index contributed by atoms with van der Waals surface area (Å²) in [4.78, 5) is 23.0. The molecule has 0 bridgehead atoms. The molecule has 0 radical (unpaired) electrons. The molecule has 0 fully saturated rings. The maximum Gasteiger partial charge on any atom is 0.472 e. The van der Waals surface area contributed by atoms with Crippen LogP contribution in [-0.4, -0.2) is 73.4 Å². The molecular weight excluding hydrogens is 647 g/mol. The largest absolute Gasteiger partial charge is 0.472 e. The molecule has 0 aromatic rings. The highest BCUT2D eigenvalue weighted by Gasteiger charge is 2.27. The Labute approximate surface area is 308 Å². The van der Waals surface area contributed by atoms with Crippen LogP contribution in [0.2, 0.25) is 0 Å². The molecule has 0 saturated heterocycles. The number of quaternary nitrogens is 1. The molecule has 0 aliphatic rings. The van der Waals surface area contributed by atoms with Crippen molar-refractivity contribution >= 4 is 13.7 Å². The van der Waals surface area contributed by atoms with E-state index in [2.05, 4.69) is 55.6 Å². The molecule has 0 aliphatic heterocycles. The molecule has 0 aromatic heterocycles. The van der Waals surface area contributed by atoms with E-state index < -0.39 is 20.0 Å². The monoisotopic (exact) mass is 726 g/mol. The highest BCUT2D eigenvalue weighted by Crippen LogP contribution is 2.43. The molecule has 3 unspecified atom stereocenters. The van der Waals surface area contributed by atoms with Gasteiger partial charge in [0.05, 0.1) is 39.9 Å². The zero-order valence-electron chi connectivity index (χ0n) is 32.9. The number of carbonyl (C=O) groups excluding carboxylic acids is 1. The van der Waals surface area contributed by atoms with Gasteiger partial charge in [-0.25, -0.2) is 4.57 Å². The van der Waals surface area contributed by atoms with Crippen molar-refractivity contribution in [2.45, 2.75) is 167 Å². The van der Waals surface area contributed by atoms with E-state index in [1.165, 1.54) is 70.6 Å². The Hall–Kier alpha value is -1.54. The number of unbranched alkanes of at least 4 members (excludes halogenated alkanes) is 16. The second-order valence-electron chi connectivity index (χ2n) is 14.6. The van der Waals surface area contributed by atoms with Crippen molar-refractivity contribution in [3.63, 3.8) is 0 Å². The SMILES string of the molecule is CCCCC/C=C\C/C=C\CCCCCCCC(=O)NC(COP(=O)(O)OCC[N+](C)(C)C)C(O)/C=C/CC/C=C/CCCCCCCCC. The number of nitrogens with one attached hydrogen (secondary N) is 1. The van der Waals surface area contributed by atoms with E-state index in [0.29, 0.717) is 17.4 Å². The van der Waals surface area contributed by atoms with Crippen LogP contribution in [0, 0.1) is 0 Å². The molecule has 50 heavy (non-hydrogen) atoms. The summed E-state index contributed by atoms with van der Waals surface area (Å²) in [6, 6.07) is -0.868. The van der Waals surface area contributed by atoms with Crippen molar-refractivity contribution < 1.29 is 32.9 Å². The predicted octanol–water partition coefficient (Wildman–Crippen LogP) is 10.5. The second-order valence-corrected chi connectivity index (χ2v) is 16.1. The molecule has 292 valence electrons. The number of aliphatic hydroxyl groups is 1. The van der Waals surface area contributed by atoms with Crippen LogP contribution in [0.25, 0.3) is 0 Å². The van der Waals surface area contributed by atoms with Crippen molar-refractivity contribution in [1.82, 2.24) is 5.32 Å². The number of carbonyl (C=O) groups is 1. The lowest BCUT2D eigenvalue weighted by atomic mass is 10.1. The molecule has 0 spiro atoms. The highest BCUT2D eigenvalue weighted by molar-refractivity contribution is 7.47. The third-order valence-corrected chi connectivity index (χ3v) is 9.51. The third-order valence-electron chi connectivity index (χ3n) is 8.52. The number of phosphoric acid groups is 1. The summed E-state index contributed by atoms with van der Waals surface area (Å²) in [6.45, 7) is 4.71. The molecule has 0 saturated carbocycles. The topological polar surface area (TPSA) is 105 Å². The van der Waals surface area contributed by atoms with Gasteiger partial charge in [0.25, 0.3) is 0 Å². The molecular formula is C41H78N2O6P+. The molecule has 0 aromatic carbocycles. The summed E-state index contributed by atoms with van der Waals surface area (Å²) in [6.07, 6.45) is 40.3. The van der Waals surface area contributed by atoms with Crippen molar-refractivity contribution in [1.29, 1.82) is 0 Å². The Morgan fingerprint density at radius 2 is 1.16 bits per heavy atom. The fourth-order valence-corrected chi connectivity index (χ4v) is 6.00. The van der Waals surface area contributed by atoms with Crippen LogP contribution in [0.1, 0.15) is 155 Å². The van der Waals surface area contributed by atoms with E-state index in [1.807, 2.05) is 27.2 Å². The highest BCUT2D eigenvalue weighted by atomic mass is 31.2. The van der Waals surface area contributed by atoms with Gasteiger partial charge >= 0.3 is 7.82 Å². The summed E-state index contributed by atoms with van der Waals surface area (Å²) in [5.41, 5.74) is 0. The Morgan fingerprint density at radius 1 is 0.680 bits per heavy atom.